The van der Waals surface area contributed by atoms with Gasteiger partial charge in [0.25, 0.3) is 5.91 Å². The first-order valence-corrected chi connectivity index (χ1v) is 8.09. The van der Waals surface area contributed by atoms with Crippen LogP contribution in [0.3, 0.4) is 0 Å². The molecule has 1 aliphatic carbocycles. The van der Waals surface area contributed by atoms with Crippen LogP contribution in [-0.2, 0) is 0 Å². The van der Waals surface area contributed by atoms with Crippen molar-refractivity contribution in [3.8, 4) is 5.75 Å². The Morgan fingerprint density at radius 2 is 2.17 bits per heavy atom. The Hall–Kier alpha value is -2.48. The zero-order chi connectivity index (χ0) is 16.7. The van der Waals surface area contributed by atoms with Gasteiger partial charge in [0.05, 0.1) is 11.8 Å². The summed E-state index contributed by atoms with van der Waals surface area (Å²) in [5.74, 6) is 1.61. The van der Waals surface area contributed by atoms with E-state index in [1.807, 2.05) is 7.05 Å². The number of amides is 1. The molecule has 0 radical (unpaired) electrons. The summed E-state index contributed by atoms with van der Waals surface area (Å²) < 4.78 is 5.44. The number of aromatic nitrogens is 3. The van der Waals surface area contributed by atoms with Gasteiger partial charge in [-0.25, -0.2) is 0 Å². The molecule has 8 heteroatoms. The maximum absolute atomic E-state index is 12.6. The first-order chi connectivity index (χ1) is 11.6. The Morgan fingerprint density at radius 1 is 1.33 bits per heavy atom. The summed E-state index contributed by atoms with van der Waals surface area (Å²) in [4.78, 5) is 24.9. The van der Waals surface area contributed by atoms with E-state index < -0.39 is 0 Å². The van der Waals surface area contributed by atoms with Gasteiger partial charge in [0, 0.05) is 31.7 Å². The molecule has 8 nitrogen and oxygen atoms in total. The van der Waals surface area contributed by atoms with Crippen molar-refractivity contribution in [1.29, 1.82) is 0 Å². The first kappa shape index (κ1) is 15.1. The van der Waals surface area contributed by atoms with Crippen LogP contribution in [0.1, 0.15) is 46.9 Å². The lowest BCUT2D eigenvalue weighted by Gasteiger charge is -2.37. The second kappa shape index (κ2) is 5.86. The zero-order valence-corrected chi connectivity index (χ0v) is 13.4. The SMILES string of the molecule is CN1CCN(C(=O)c2cncc(O)c2)C[C@H]1c1nc(C2CC2)no1. The van der Waals surface area contributed by atoms with E-state index in [0.717, 1.165) is 18.7 Å². The Morgan fingerprint density at radius 3 is 2.92 bits per heavy atom. The monoisotopic (exact) mass is 329 g/mol. The van der Waals surface area contributed by atoms with Crippen LogP contribution in [0.4, 0.5) is 0 Å². The Bertz CT molecular complexity index is 758. The molecule has 3 heterocycles. The van der Waals surface area contributed by atoms with Crippen molar-refractivity contribution >= 4 is 5.91 Å². The van der Waals surface area contributed by atoms with Gasteiger partial charge in [-0.05, 0) is 26.0 Å². The molecule has 0 unspecified atom stereocenters. The molecular weight excluding hydrogens is 310 g/mol. The van der Waals surface area contributed by atoms with E-state index in [1.54, 1.807) is 4.90 Å². The van der Waals surface area contributed by atoms with E-state index in [9.17, 15) is 9.90 Å². The van der Waals surface area contributed by atoms with Crippen LogP contribution in [0.2, 0.25) is 0 Å². The molecule has 1 N–H and O–H groups in total. The largest absolute Gasteiger partial charge is 0.506 e. The number of rotatable bonds is 3. The highest BCUT2D eigenvalue weighted by Crippen LogP contribution is 2.38. The number of hydrogen-bond donors (Lipinski definition) is 1. The second-order valence-corrected chi connectivity index (χ2v) is 6.44. The molecule has 2 aromatic rings. The van der Waals surface area contributed by atoms with Gasteiger partial charge in [-0.15, -0.1) is 0 Å². The van der Waals surface area contributed by atoms with Crippen molar-refractivity contribution in [3.05, 3.63) is 35.7 Å². The van der Waals surface area contributed by atoms with Crippen LogP contribution in [0, 0.1) is 0 Å². The van der Waals surface area contributed by atoms with Crippen LogP contribution in [0.15, 0.2) is 23.0 Å². The Labute approximate surface area is 139 Å². The number of aromatic hydroxyl groups is 1. The minimum atomic E-state index is -0.154. The highest BCUT2D eigenvalue weighted by Gasteiger charge is 2.35. The third-order valence-corrected chi connectivity index (χ3v) is 4.59. The van der Waals surface area contributed by atoms with Gasteiger partial charge in [0.1, 0.15) is 11.8 Å². The summed E-state index contributed by atoms with van der Waals surface area (Å²) in [6.45, 7) is 1.78. The van der Waals surface area contributed by atoms with Gasteiger partial charge >= 0.3 is 0 Å². The molecule has 0 aromatic carbocycles. The molecule has 2 aliphatic rings. The number of pyridine rings is 1. The first-order valence-electron chi connectivity index (χ1n) is 8.09. The standard InChI is InChI=1S/C16H19N5O3/c1-20-4-5-21(16(23)11-6-12(22)8-17-7-11)9-13(20)15-18-14(19-24-15)10-2-3-10/h6-8,10,13,22H,2-5,9H2,1H3/t13-/m0/s1. The Balaban J connectivity index is 1.52. The lowest BCUT2D eigenvalue weighted by molar-refractivity contribution is 0.0488. The third-order valence-electron chi connectivity index (χ3n) is 4.59. The van der Waals surface area contributed by atoms with Crippen LogP contribution in [0.5, 0.6) is 5.75 Å². The molecule has 1 aliphatic heterocycles. The van der Waals surface area contributed by atoms with E-state index in [-0.39, 0.29) is 17.7 Å². The molecule has 1 atom stereocenters. The predicted molar refractivity (Wildman–Crippen MR) is 83.4 cm³/mol. The van der Waals surface area contributed by atoms with Crippen LogP contribution < -0.4 is 0 Å². The topological polar surface area (TPSA) is 95.6 Å². The summed E-state index contributed by atoms with van der Waals surface area (Å²) in [5.41, 5.74) is 0.377. The number of likely N-dealkylation sites (N-methyl/N-ethyl adjacent to an activating group) is 1. The normalized spacial score (nSPS) is 21.9. The molecule has 0 spiro atoms. The summed E-state index contributed by atoms with van der Waals surface area (Å²) >= 11 is 0. The maximum Gasteiger partial charge on any atom is 0.255 e. The molecule has 24 heavy (non-hydrogen) atoms. The number of nitrogens with zero attached hydrogens (tertiary/aromatic N) is 5. The van der Waals surface area contributed by atoms with Gasteiger partial charge in [-0.2, -0.15) is 4.98 Å². The summed E-state index contributed by atoms with van der Waals surface area (Å²) in [6, 6.07) is 1.31. The molecule has 1 saturated carbocycles. The second-order valence-electron chi connectivity index (χ2n) is 6.44. The number of carbonyl (C=O) groups is 1. The van der Waals surface area contributed by atoms with Crippen LogP contribution in [0.25, 0.3) is 0 Å². The Kier molecular flexibility index (Phi) is 3.68. The molecule has 2 fully saturated rings. The van der Waals surface area contributed by atoms with E-state index in [0.29, 0.717) is 37.0 Å². The number of carbonyl (C=O) groups excluding carboxylic acids is 1. The molecule has 2 aromatic heterocycles. The van der Waals surface area contributed by atoms with Gasteiger partial charge < -0.3 is 14.5 Å². The predicted octanol–water partition coefficient (Wildman–Crippen LogP) is 1.18. The van der Waals surface area contributed by atoms with Crippen LogP contribution in [-0.4, -0.2) is 62.6 Å². The van der Waals surface area contributed by atoms with Crippen molar-refractivity contribution in [1.82, 2.24) is 24.9 Å². The molecule has 0 bridgehead atoms. The smallest absolute Gasteiger partial charge is 0.255 e. The fourth-order valence-corrected chi connectivity index (χ4v) is 2.94. The van der Waals surface area contributed by atoms with Crippen molar-refractivity contribution in [2.45, 2.75) is 24.8 Å². The van der Waals surface area contributed by atoms with Crippen molar-refractivity contribution < 1.29 is 14.4 Å². The third kappa shape index (κ3) is 2.84. The minimum absolute atomic E-state index is 0.0162. The number of piperazine rings is 1. The van der Waals surface area contributed by atoms with Gasteiger partial charge in [0.2, 0.25) is 5.89 Å². The summed E-state index contributed by atoms with van der Waals surface area (Å²) in [6.07, 6.45) is 5.01. The average molecular weight is 329 g/mol. The quantitative estimate of drug-likeness (QED) is 0.903. The highest BCUT2D eigenvalue weighted by atomic mass is 16.5. The van der Waals surface area contributed by atoms with E-state index in [4.69, 9.17) is 4.52 Å². The van der Waals surface area contributed by atoms with Gasteiger partial charge in [0.15, 0.2) is 5.82 Å². The lowest BCUT2D eigenvalue weighted by atomic mass is 10.1. The van der Waals surface area contributed by atoms with E-state index in [1.165, 1.54) is 18.5 Å². The van der Waals surface area contributed by atoms with Crippen LogP contribution >= 0.6 is 0 Å². The van der Waals surface area contributed by atoms with Crippen molar-refractivity contribution in [2.75, 3.05) is 26.7 Å². The molecule has 1 saturated heterocycles. The zero-order valence-electron chi connectivity index (χ0n) is 13.4. The average Bonchev–Trinajstić information content (AvgIpc) is 3.32. The molecular formula is C16H19N5O3. The van der Waals surface area contributed by atoms with Gasteiger partial charge in [-0.3, -0.25) is 14.7 Å². The van der Waals surface area contributed by atoms with E-state index >= 15 is 0 Å². The summed E-state index contributed by atoms with van der Waals surface area (Å²) in [5, 5.41) is 13.6. The summed E-state index contributed by atoms with van der Waals surface area (Å²) in [7, 11) is 1.99. The molecule has 1 amide bonds. The molecule has 126 valence electrons. The van der Waals surface area contributed by atoms with Crippen molar-refractivity contribution in [2.24, 2.45) is 0 Å². The van der Waals surface area contributed by atoms with E-state index in [2.05, 4.69) is 20.0 Å². The fourth-order valence-electron chi connectivity index (χ4n) is 2.94. The lowest BCUT2D eigenvalue weighted by Crippen LogP contribution is -2.49. The number of hydrogen-bond acceptors (Lipinski definition) is 7. The van der Waals surface area contributed by atoms with Crippen molar-refractivity contribution in [3.63, 3.8) is 0 Å². The highest BCUT2D eigenvalue weighted by molar-refractivity contribution is 5.94. The fraction of sp³-hybridized carbons (Fsp3) is 0.500. The maximum atomic E-state index is 12.6. The minimum Gasteiger partial charge on any atom is -0.506 e. The molecule has 4 rings (SSSR count). The van der Waals surface area contributed by atoms with Gasteiger partial charge in [-0.1, -0.05) is 5.16 Å².